The fourth-order valence-corrected chi connectivity index (χ4v) is 3.61. The van der Waals surface area contributed by atoms with Crippen LogP contribution in [0.3, 0.4) is 0 Å². The first kappa shape index (κ1) is 16.5. The van der Waals surface area contributed by atoms with Gasteiger partial charge in [0.1, 0.15) is 5.75 Å². The Kier molecular flexibility index (Phi) is 5.24. The fourth-order valence-electron chi connectivity index (χ4n) is 2.16. The second kappa shape index (κ2) is 6.96. The van der Waals surface area contributed by atoms with Crippen LogP contribution in [-0.2, 0) is 14.8 Å². The van der Waals surface area contributed by atoms with Gasteiger partial charge in [0.05, 0.1) is 11.9 Å². The van der Waals surface area contributed by atoms with Gasteiger partial charge in [-0.25, -0.2) is 12.7 Å². The number of hydrogen-bond acceptors (Lipinski definition) is 4. The zero-order valence-electron chi connectivity index (χ0n) is 12.9. The Bertz CT molecular complexity index is 666. The Morgan fingerprint density at radius 1 is 1.41 bits per heavy atom. The lowest BCUT2D eigenvalue weighted by Gasteiger charge is -2.15. The van der Waals surface area contributed by atoms with E-state index in [1.165, 1.54) is 6.08 Å². The van der Waals surface area contributed by atoms with E-state index in [0.29, 0.717) is 12.2 Å². The van der Waals surface area contributed by atoms with E-state index in [1.54, 1.807) is 6.08 Å². The maximum Gasteiger partial charge on any atom is 0.260 e. The van der Waals surface area contributed by atoms with Crippen molar-refractivity contribution in [2.75, 3.05) is 12.3 Å². The molecule has 1 aromatic carbocycles. The molecule has 0 radical (unpaired) electrons. The van der Waals surface area contributed by atoms with Crippen molar-refractivity contribution < 1.29 is 17.9 Å². The number of sulfonamides is 1. The number of nitrogens with zero attached hydrogens (tertiary/aromatic N) is 1. The number of hydrogen-bond donors (Lipinski definition) is 0. The first-order chi connectivity index (χ1) is 10.4. The fraction of sp³-hybridized carbons (Fsp3) is 0.438. The zero-order valence-corrected chi connectivity index (χ0v) is 13.7. The van der Waals surface area contributed by atoms with Gasteiger partial charge in [-0.1, -0.05) is 25.1 Å². The molecule has 1 unspecified atom stereocenters. The molecule has 2 rings (SSSR count). The Morgan fingerprint density at radius 3 is 2.77 bits per heavy atom. The van der Waals surface area contributed by atoms with Crippen molar-refractivity contribution in [1.29, 1.82) is 0 Å². The van der Waals surface area contributed by atoms with Crippen LogP contribution in [0, 0.1) is 0 Å². The average Bonchev–Trinajstić information content (AvgIpc) is 2.85. The van der Waals surface area contributed by atoms with Crippen molar-refractivity contribution in [1.82, 2.24) is 4.31 Å². The van der Waals surface area contributed by atoms with Crippen LogP contribution in [0.2, 0.25) is 0 Å². The van der Waals surface area contributed by atoms with Gasteiger partial charge in [0.25, 0.3) is 5.91 Å². The summed E-state index contributed by atoms with van der Waals surface area (Å²) in [7, 11) is -3.42. The maximum atomic E-state index is 12.0. The van der Waals surface area contributed by atoms with Gasteiger partial charge in [0.2, 0.25) is 10.0 Å². The molecule has 0 saturated carbocycles. The predicted octanol–water partition coefficient (Wildman–Crippen LogP) is 2.44. The van der Waals surface area contributed by atoms with Crippen LogP contribution in [0.5, 0.6) is 5.75 Å². The Morgan fingerprint density at radius 2 is 2.14 bits per heavy atom. The van der Waals surface area contributed by atoms with Crippen LogP contribution in [0.15, 0.2) is 30.3 Å². The van der Waals surface area contributed by atoms with Crippen molar-refractivity contribution >= 4 is 22.0 Å². The zero-order chi connectivity index (χ0) is 16.2. The van der Waals surface area contributed by atoms with E-state index in [9.17, 15) is 13.2 Å². The van der Waals surface area contributed by atoms with Crippen molar-refractivity contribution in [3.05, 3.63) is 35.9 Å². The summed E-state index contributed by atoms with van der Waals surface area (Å²) < 4.78 is 30.2. The molecule has 0 bridgehead atoms. The summed E-state index contributed by atoms with van der Waals surface area (Å²) in [6, 6.07) is 7.38. The van der Waals surface area contributed by atoms with Gasteiger partial charge in [-0.2, -0.15) is 0 Å². The van der Waals surface area contributed by atoms with Crippen LogP contribution in [0.25, 0.3) is 6.08 Å². The minimum absolute atomic E-state index is 0.0420. The van der Waals surface area contributed by atoms with Gasteiger partial charge in [-0.3, -0.25) is 4.79 Å². The van der Waals surface area contributed by atoms with Crippen LogP contribution in [-0.4, -0.2) is 37.0 Å². The minimum Gasteiger partial charge on any atom is -0.490 e. The average molecular weight is 323 g/mol. The molecule has 6 heteroatoms. The highest BCUT2D eigenvalue weighted by molar-refractivity contribution is 7.89. The van der Waals surface area contributed by atoms with Gasteiger partial charge in [0.15, 0.2) is 0 Å². The summed E-state index contributed by atoms with van der Waals surface area (Å²) in [5.41, 5.74) is 0.757. The van der Waals surface area contributed by atoms with E-state index in [0.717, 1.165) is 16.3 Å². The number of amides is 1. The Balaban J connectivity index is 2.15. The van der Waals surface area contributed by atoms with Crippen LogP contribution >= 0.6 is 0 Å². The number of benzene rings is 1. The largest absolute Gasteiger partial charge is 0.490 e. The topological polar surface area (TPSA) is 63.7 Å². The van der Waals surface area contributed by atoms with Crippen molar-refractivity contribution in [3.8, 4) is 5.75 Å². The third-order valence-electron chi connectivity index (χ3n) is 3.57. The van der Waals surface area contributed by atoms with Gasteiger partial charge in [0, 0.05) is 18.2 Å². The van der Waals surface area contributed by atoms with Crippen LogP contribution < -0.4 is 4.74 Å². The lowest BCUT2D eigenvalue weighted by Crippen LogP contribution is -2.30. The van der Waals surface area contributed by atoms with Crippen LogP contribution in [0.1, 0.15) is 32.3 Å². The summed E-state index contributed by atoms with van der Waals surface area (Å²) in [6.07, 6.45) is 4.35. The molecular formula is C16H21NO4S. The predicted molar refractivity (Wildman–Crippen MR) is 86.0 cm³/mol. The molecule has 120 valence electrons. The molecule has 1 heterocycles. The van der Waals surface area contributed by atoms with E-state index < -0.39 is 15.9 Å². The molecule has 0 spiro atoms. The van der Waals surface area contributed by atoms with E-state index in [-0.39, 0.29) is 18.4 Å². The summed E-state index contributed by atoms with van der Waals surface area (Å²) in [5.74, 6) is 0.223. The number of ether oxygens (including phenoxy) is 1. The molecule has 1 aliphatic rings. The molecule has 0 N–H and O–H groups in total. The molecule has 22 heavy (non-hydrogen) atoms. The second-order valence-electron chi connectivity index (χ2n) is 5.29. The Hall–Kier alpha value is -1.82. The molecule has 1 atom stereocenters. The lowest BCUT2D eigenvalue weighted by molar-refractivity contribution is -0.121. The van der Waals surface area contributed by atoms with E-state index in [1.807, 2.05) is 38.1 Å². The first-order valence-electron chi connectivity index (χ1n) is 7.42. The maximum absolute atomic E-state index is 12.0. The lowest BCUT2D eigenvalue weighted by atomic mass is 10.2. The normalized spacial score (nSPS) is 18.5. The monoisotopic (exact) mass is 323 g/mol. The molecule has 5 nitrogen and oxygen atoms in total. The number of para-hydroxylation sites is 1. The molecule has 0 aromatic heterocycles. The molecular weight excluding hydrogens is 302 g/mol. The standard InChI is InChI=1S/C16H21NO4S/c1-3-13(2)21-15-8-5-4-7-14(15)9-10-16(18)17-11-6-12-22(17,19)20/h4-5,7-10,13H,3,6,11-12H2,1-2H3. The summed E-state index contributed by atoms with van der Waals surface area (Å²) >= 11 is 0. The quantitative estimate of drug-likeness (QED) is 0.781. The van der Waals surface area contributed by atoms with Gasteiger partial charge in [-0.15, -0.1) is 0 Å². The molecule has 1 fully saturated rings. The highest BCUT2D eigenvalue weighted by Crippen LogP contribution is 2.22. The van der Waals surface area contributed by atoms with E-state index in [4.69, 9.17) is 4.74 Å². The van der Waals surface area contributed by atoms with E-state index in [2.05, 4.69) is 0 Å². The van der Waals surface area contributed by atoms with Crippen molar-refractivity contribution in [3.63, 3.8) is 0 Å². The first-order valence-corrected chi connectivity index (χ1v) is 9.03. The van der Waals surface area contributed by atoms with Gasteiger partial charge >= 0.3 is 0 Å². The number of carbonyl (C=O) groups excluding carboxylic acids is 1. The number of rotatable bonds is 5. The SMILES string of the molecule is CCC(C)Oc1ccccc1C=CC(=O)N1CCCS1(=O)=O. The summed E-state index contributed by atoms with van der Waals surface area (Å²) in [5, 5.41) is 0. The van der Waals surface area contributed by atoms with Crippen molar-refractivity contribution in [2.24, 2.45) is 0 Å². The highest BCUT2D eigenvalue weighted by atomic mass is 32.2. The van der Waals surface area contributed by atoms with E-state index >= 15 is 0 Å². The minimum atomic E-state index is -3.42. The van der Waals surface area contributed by atoms with Gasteiger partial charge in [-0.05, 0) is 31.9 Å². The van der Waals surface area contributed by atoms with Gasteiger partial charge < -0.3 is 4.74 Å². The van der Waals surface area contributed by atoms with Crippen LogP contribution in [0.4, 0.5) is 0 Å². The molecule has 0 aliphatic carbocycles. The summed E-state index contributed by atoms with van der Waals surface area (Å²) in [6.45, 7) is 4.27. The molecule has 1 saturated heterocycles. The highest BCUT2D eigenvalue weighted by Gasteiger charge is 2.31. The third kappa shape index (κ3) is 3.88. The molecule has 1 aromatic rings. The van der Waals surface area contributed by atoms with Crippen molar-refractivity contribution in [2.45, 2.75) is 32.8 Å². The Labute approximate surface area is 131 Å². The second-order valence-corrected chi connectivity index (χ2v) is 7.30. The smallest absolute Gasteiger partial charge is 0.260 e. The molecule has 1 amide bonds. The number of carbonyl (C=O) groups is 1. The summed E-state index contributed by atoms with van der Waals surface area (Å²) in [4.78, 5) is 12.0. The molecule has 1 aliphatic heterocycles. The third-order valence-corrected chi connectivity index (χ3v) is 5.41.